The van der Waals surface area contributed by atoms with Crippen molar-refractivity contribution in [2.45, 2.75) is 25.3 Å². The summed E-state index contributed by atoms with van der Waals surface area (Å²) >= 11 is 0. The van der Waals surface area contributed by atoms with E-state index in [-0.39, 0.29) is 24.5 Å². The van der Waals surface area contributed by atoms with E-state index in [4.69, 9.17) is 10.8 Å². The molecule has 1 aromatic carbocycles. The largest absolute Gasteiger partial charge is 0.508 e. The number of aldehydes is 1. The molecule has 8 heteroatoms. The Morgan fingerprint density at radius 3 is 2.62 bits per heavy atom. The highest BCUT2D eigenvalue weighted by molar-refractivity contribution is 5.86. The van der Waals surface area contributed by atoms with E-state index in [9.17, 15) is 19.5 Å². The number of H-pyrrole nitrogens is 1. The number of aromatic nitrogens is 1. The van der Waals surface area contributed by atoms with Crippen molar-refractivity contribution >= 4 is 29.1 Å². The molecule has 1 amide bonds. The van der Waals surface area contributed by atoms with Gasteiger partial charge >= 0.3 is 5.97 Å². The highest BCUT2D eigenvalue weighted by Gasteiger charge is 2.15. The molecule has 2 rings (SSSR count). The Kier molecular flexibility index (Phi) is 7.44. The smallest absolute Gasteiger partial charge is 0.303 e. The number of rotatable bonds is 7. The number of amides is 1. The van der Waals surface area contributed by atoms with Crippen LogP contribution >= 0.6 is 0 Å². The molecule has 130 valence electrons. The number of carbonyl (C=O) groups excluding carboxylic acids is 2. The molecule has 6 N–H and O–H groups in total. The zero-order valence-corrected chi connectivity index (χ0v) is 13.3. The third-order valence-electron chi connectivity index (χ3n) is 3.34. The van der Waals surface area contributed by atoms with Gasteiger partial charge in [0.05, 0.1) is 12.5 Å². The van der Waals surface area contributed by atoms with Crippen LogP contribution in [0.3, 0.4) is 0 Å². The maximum absolute atomic E-state index is 11.2. The number of carbonyl (C=O) groups is 3. The lowest BCUT2D eigenvalue weighted by Gasteiger charge is -2.11. The summed E-state index contributed by atoms with van der Waals surface area (Å²) in [5, 5.41) is 21.1. The number of carboxylic acids is 1. The van der Waals surface area contributed by atoms with Crippen LogP contribution < -0.4 is 11.1 Å². The number of benzene rings is 1. The van der Waals surface area contributed by atoms with E-state index in [1.807, 2.05) is 6.20 Å². The lowest BCUT2D eigenvalue weighted by molar-refractivity contribution is -0.137. The number of hydrogen-bond donors (Lipinski definition) is 5. The Balaban J connectivity index is 0.000000351. The predicted molar refractivity (Wildman–Crippen MR) is 88.6 cm³/mol. The fourth-order valence-corrected chi connectivity index (χ4v) is 2.08. The van der Waals surface area contributed by atoms with Gasteiger partial charge in [0.2, 0.25) is 5.91 Å². The summed E-state index contributed by atoms with van der Waals surface area (Å²) in [4.78, 5) is 33.3. The summed E-state index contributed by atoms with van der Waals surface area (Å²) in [7, 11) is 1.70. The minimum atomic E-state index is -0.924. The lowest BCUT2D eigenvalue weighted by atomic mass is 10.0. The number of fused-ring (bicyclic) bond motifs is 1. The summed E-state index contributed by atoms with van der Waals surface area (Å²) in [5.41, 5.74) is 7.16. The molecule has 0 unspecified atom stereocenters. The standard InChI is InChI=1S/C12H15N3O2.C4H6O3/c1-14-11(12(13)17)4-7-6-15-10-3-2-8(16)5-9(7)10;5-3-1-2-4(6)7/h2-3,5-6,11,14-16H,4H2,1H3,(H2,13,17);3H,1-2H2,(H,6,7)/t11-;/m0./s1. The molecule has 0 bridgehead atoms. The van der Waals surface area contributed by atoms with E-state index in [1.54, 1.807) is 25.2 Å². The molecule has 0 saturated heterocycles. The SMILES string of the molecule is CN[C@@H](Cc1c[nH]c2ccc(O)cc12)C(N)=O.O=CCCC(=O)O. The normalized spacial score (nSPS) is 11.4. The quantitative estimate of drug-likeness (QED) is 0.467. The van der Waals surface area contributed by atoms with Gasteiger partial charge in [-0.15, -0.1) is 0 Å². The van der Waals surface area contributed by atoms with Crippen LogP contribution in [0.25, 0.3) is 10.9 Å². The number of nitrogens with two attached hydrogens (primary N) is 1. The van der Waals surface area contributed by atoms with Gasteiger partial charge in [-0.05, 0) is 37.2 Å². The van der Waals surface area contributed by atoms with Crippen LogP contribution in [0.2, 0.25) is 0 Å². The lowest BCUT2D eigenvalue weighted by Crippen LogP contribution is -2.40. The third kappa shape index (κ3) is 5.73. The first-order valence-electron chi connectivity index (χ1n) is 7.30. The van der Waals surface area contributed by atoms with Gasteiger partial charge < -0.3 is 31.0 Å². The van der Waals surface area contributed by atoms with Crippen molar-refractivity contribution in [2.75, 3.05) is 7.05 Å². The third-order valence-corrected chi connectivity index (χ3v) is 3.34. The van der Waals surface area contributed by atoms with Crippen molar-refractivity contribution in [1.29, 1.82) is 0 Å². The first-order valence-corrected chi connectivity index (χ1v) is 7.30. The highest BCUT2D eigenvalue weighted by atomic mass is 16.4. The second kappa shape index (κ2) is 9.31. The maximum atomic E-state index is 11.2. The number of phenols is 1. The van der Waals surface area contributed by atoms with Gasteiger partial charge in [-0.25, -0.2) is 0 Å². The van der Waals surface area contributed by atoms with Crippen LogP contribution in [0.15, 0.2) is 24.4 Å². The number of aromatic amines is 1. The molecule has 0 saturated carbocycles. The predicted octanol–water partition coefficient (Wildman–Crippen LogP) is 0.539. The van der Waals surface area contributed by atoms with Crippen molar-refractivity contribution in [3.8, 4) is 5.75 Å². The molecule has 1 heterocycles. The molecular weight excluding hydrogens is 314 g/mol. The second-order valence-electron chi connectivity index (χ2n) is 5.09. The molecule has 0 fully saturated rings. The van der Waals surface area contributed by atoms with E-state index in [2.05, 4.69) is 10.3 Å². The fourth-order valence-electron chi connectivity index (χ4n) is 2.08. The van der Waals surface area contributed by atoms with Crippen LogP contribution in [0.5, 0.6) is 5.75 Å². The van der Waals surface area contributed by atoms with Gasteiger partial charge in [-0.3, -0.25) is 9.59 Å². The Hall–Kier alpha value is -2.87. The Morgan fingerprint density at radius 2 is 2.12 bits per heavy atom. The number of primary amides is 1. The molecular formula is C16H21N3O5. The second-order valence-corrected chi connectivity index (χ2v) is 5.09. The fraction of sp³-hybridized carbons (Fsp3) is 0.312. The Morgan fingerprint density at radius 1 is 1.42 bits per heavy atom. The van der Waals surface area contributed by atoms with Crippen LogP contribution in [-0.4, -0.2) is 46.4 Å². The van der Waals surface area contributed by atoms with Crippen LogP contribution in [-0.2, 0) is 20.8 Å². The van der Waals surface area contributed by atoms with Crippen LogP contribution in [0.1, 0.15) is 18.4 Å². The van der Waals surface area contributed by atoms with Gasteiger partial charge in [0.1, 0.15) is 12.0 Å². The first kappa shape index (κ1) is 19.2. The molecule has 0 aliphatic carbocycles. The Labute approximate surface area is 138 Å². The van der Waals surface area contributed by atoms with Gasteiger partial charge in [-0.1, -0.05) is 0 Å². The number of carboxylic acid groups (broad SMARTS) is 1. The minimum absolute atomic E-state index is 0.0521. The number of phenolic OH excluding ortho intramolecular Hbond substituents is 1. The molecule has 1 atom stereocenters. The number of nitrogens with one attached hydrogen (secondary N) is 2. The van der Waals surface area contributed by atoms with Gasteiger partial charge in [0, 0.05) is 23.5 Å². The zero-order chi connectivity index (χ0) is 18.1. The van der Waals surface area contributed by atoms with Crippen molar-refractivity contribution < 1.29 is 24.6 Å². The van der Waals surface area contributed by atoms with E-state index < -0.39 is 12.0 Å². The number of aliphatic carboxylic acids is 1. The van der Waals surface area contributed by atoms with Crippen molar-refractivity contribution in [3.05, 3.63) is 30.0 Å². The van der Waals surface area contributed by atoms with Gasteiger partial charge in [0.25, 0.3) is 0 Å². The zero-order valence-electron chi connectivity index (χ0n) is 13.3. The van der Waals surface area contributed by atoms with Crippen LogP contribution in [0, 0.1) is 0 Å². The molecule has 8 nitrogen and oxygen atoms in total. The molecule has 24 heavy (non-hydrogen) atoms. The summed E-state index contributed by atoms with van der Waals surface area (Å²) in [6.45, 7) is 0. The summed E-state index contributed by atoms with van der Waals surface area (Å²) in [6, 6.07) is 4.69. The van der Waals surface area contributed by atoms with Gasteiger partial charge in [0.15, 0.2) is 0 Å². The molecule has 0 spiro atoms. The van der Waals surface area contributed by atoms with E-state index >= 15 is 0 Å². The van der Waals surface area contributed by atoms with Crippen molar-refractivity contribution in [3.63, 3.8) is 0 Å². The molecule has 1 aromatic heterocycles. The monoisotopic (exact) mass is 335 g/mol. The van der Waals surface area contributed by atoms with E-state index in [0.717, 1.165) is 16.5 Å². The summed E-state index contributed by atoms with van der Waals surface area (Å²) in [6.07, 6.45) is 2.99. The average Bonchev–Trinajstić information content (AvgIpc) is 2.92. The van der Waals surface area contributed by atoms with Crippen molar-refractivity contribution in [1.82, 2.24) is 10.3 Å². The van der Waals surface area contributed by atoms with E-state index in [1.165, 1.54) is 0 Å². The van der Waals surface area contributed by atoms with E-state index in [0.29, 0.717) is 12.7 Å². The molecule has 2 aromatic rings. The molecule has 0 aliphatic rings. The van der Waals surface area contributed by atoms with Gasteiger partial charge in [-0.2, -0.15) is 0 Å². The van der Waals surface area contributed by atoms with Crippen molar-refractivity contribution in [2.24, 2.45) is 5.73 Å². The Bertz CT molecular complexity index is 711. The number of hydrogen-bond acceptors (Lipinski definition) is 5. The summed E-state index contributed by atoms with van der Waals surface area (Å²) < 4.78 is 0. The molecule has 0 aliphatic heterocycles. The highest BCUT2D eigenvalue weighted by Crippen LogP contribution is 2.23. The minimum Gasteiger partial charge on any atom is -0.508 e. The molecule has 0 radical (unpaired) electrons. The maximum Gasteiger partial charge on any atom is 0.303 e. The summed E-state index contributed by atoms with van der Waals surface area (Å²) in [5.74, 6) is -1.10. The number of likely N-dealkylation sites (N-methyl/N-ethyl adjacent to an activating group) is 1. The number of aromatic hydroxyl groups is 1. The first-order chi connectivity index (χ1) is 11.4. The van der Waals surface area contributed by atoms with Crippen LogP contribution in [0.4, 0.5) is 0 Å². The topological polar surface area (TPSA) is 146 Å². The average molecular weight is 335 g/mol.